The molecule has 4 rings (SSSR count). The fraction of sp³-hybridized carbons (Fsp3) is 0.200. The number of amides is 2. The van der Waals surface area contributed by atoms with Gasteiger partial charge < -0.3 is 10.6 Å². The topological polar surface area (TPSA) is 88.9 Å². The lowest BCUT2D eigenvalue weighted by Gasteiger charge is -2.14. The molecule has 1 aliphatic heterocycles. The Labute approximate surface area is 160 Å². The molecule has 8 heteroatoms. The molecule has 1 aromatic heterocycles. The summed E-state index contributed by atoms with van der Waals surface area (Å²) in [4.78, 5) is 28.3. The van der Waals surface area contributed by atoms with E-state index in [0.717, 1.165) is 16.8 Å². The molecule has 7 nitrogen and oxygen atoms in total. The second kappa shape index (κ2) is 6.88. The Bertz CT molecular complexity index is 1070. The summed E-state index contributed by atoms with van der Waals surface area (Å²) in [6.45, 7) is 3.58. The smallest absolute Gasteiger partial charge is 0.291 e. The van der Waals surface area contributed by atoms with E-state index in [9.17, 15) is 14.0 Å². The monoisotopic (exact) mass is 379 g/mol. The van der Waals surface area contributed by atoms with Crippen LogP contribution < -0.4 is 10.6 Å². The molecule has 2 N–H and O–H groups in total. The molecule has 0 aliphatic carbocycles. The maximum atomic E-state index is 13.1. The molecule has 142 valence electrons. The van der Waals surface area contributed by atoms with Crippen LogP contribution in [0.5, 0.6) is 0 Å². The molecule has 28 heavy (non-hydrogen) atoms. The van der Waals surface area contributed by atoms with Crippen molar-refractivity contribution in [2.24, 2.45) is 0 Å². The van der Waals surface area contributed by atoms with E-state index in [4.69, 9.17) is 0 Å². The average molecular weight is 379 g/mol. The largest absolute Gasteiger partial charge is 0.343 e. The minimum Gasteiger partial charge on any atom is -0.343 e. The number of nitrogens with zero attached hydrogens (tertiary/aromatic N) is 3. The first-order chi connectivity index (χ1) is 13.4. The zero-order chi connectivity index (χ0) is 19.8. The predicted octanol–water partition coefficient (Wildman–Crippen LogP) is 2.70. The molecule has 0 saturated carbocycles. The summed E-state index contributed by atoms with van der Waals surface area (Å²) in [5.74, 6) is -0.237. The molecule has 0 saturated heterocycles. The molecule has 0 bridgehead atoms. The van der Waals surface area contributed by atoms with Gasteiger partial charge in [0.2, 0.25) is 11.7 Å². The van der Waals surface area contributed by atoms with E-state index in [0.29, 0.717) is 17.9 Å². The molecule has 2 amide bonds. The standard InChI is InChI=1S/C20H18FN5O2/c1-11(13-3-8-17-14(9-13)10-18(27)24-17)22-20(28)19-23-12(2)26(25-19)16-6-4-15(21)5-7-16/h3-9,11H,10H2,1-2H3,(H,22,28)(H,24,27). The van der Waals surface area contributed by atoms with E-state index in [2.05, 4.69) is 20.7 Å². The van der Waals surface area contributed by atoms with Crippen LogP contribution in [0.1, 0.15) is 40.5 Å². The van der Waals surface area contributed by atoms with Gasteiger partial charge in [0.05, 0.1) is 18.2 Å². The third kappa shape index (κ3) is 3.36. The van der Waals surface area contributed by atoms with E-state index in [1.54, 1.807) is 19.1 Å². The van der Waals surface area contributed by atoms with E-state index < -0.39 is 5.91 Å². The van der Waals surface area contributed by atoms with Crippen LogP contribution in [0.4, 0.5) is 10.1 Å². The third-order valence-corrected chi connectivity index (χ3v) is 4.65. The predicted molar refractivity (Wildman–Crippen MR) is 101 cm³/mol. The highest BCUT2D eigenvalue weighted by Crippen LogP contribution is 2.26. The lowest BCUT2D eigenvalue weighted by Crippen LogP contribution is -2.27. The number of hydrogen-bond donors (Lipinski definition) is 2. The van der Waals surface area contributed by atoms with Gasteiger partial charge in [0, 0.05) is 5.69 Å². The summed E-state index contributed by atoms with van der Waals surface area (Å²) < 4.78 is 14.6. The molecule has 0 spiro atoms. The number of hydrogen-bond acceptors (Lipinski definition) is 4. The van der Waals surface area contributed by atoms with E-state index in [1.165, 1.54) is 16.8 Å². The molecule has 2 heterocycles. The van der Waals surface area contributed by atoms with Crippen LogP contribution in [-0.4, -0.2) is 26.6 Å². The highest BCUT2D eigenvalue weighted by atomic mass is 19.1. The Balaban J connectivity index is 1.51. The lowest BCUT2D eigenvalue weighted by atomic mass is 10.0. The van der Waals surface area contributed by atoms with Gasteiger partial charge in [-0.2, -0.15) is 0 Å². The second-order valence-corrected chi connectivity index (χ2v) is 6.71. The Morgan fingerprint density at radius 1 is 1.25 bits per heavy atom. The van der Waals surface area contributed by atoms with Gasteiger partial charge in [0.15, 0.2) is 0 Å². The van der Waals surface area contributed by atoms with Gasteiger partial charge in [-0.1, -0.05) is 12.1 Å². The van der Waals surface area contributed by atoms with Crippen LogP contribution in [0.3, 0.4) is 0 Å². The fourth-order valence-electron chi connectivity index (χ4n) is 3.18. The van der Waals surface area contributed by atoms with E-state index in [-0.39, 0.29) is 23.6 Å². The van der Waals surface area contributed by atoms with Gasteiger partial charge in [0.1, 0.15) is 11.6 Å². The zero-order valence-electron chi connectivity index (χ0n) is 15.4. The first-order valence-electron chi connectivity index (χ1n) is 8.84. The summed E-state index contributed by atoms with van der Waals surface area (Å²) in [6, 6.07) is 11.1. The summed E-state index contributed by atoms with van der Waals surface area (Å²) in [5.41, 5.74) is 3.23. The molecule has 1 atom stereocenters. The van der Waals surface area contributed by atoms with Crippen LogP contribution >= 0.6 is 0 Å². The fourth-order valence-corrected chi connectivity index (χ4v) is 3.18. The van der Waals surface area contributed by atoms with Crippen LogP contribution in [0.25, 0.3) is 5.69 Å². The van der Waals surface area contributed by atoms with Crippen LogP contribution in [0, 0.1) is 12.7 Å². The van der Waals surface area contributed by atoms with Crippen molar-refractivity contribution in [2.75, 3.05) is 5.32 Å². The van der Waals surface area contributed by atoms with Crippen LogP contribution in [0.15, 0.2) is 42.5 Å². The first-order valence-corrected chi connectivity index (χ1v) is 8.84. The number of anilines is 1. The molecular weight excluding hydrogens is 361 g/mol. The summed E-state index contributed by atoms with van der Waals surface area (Å²) in [6.07, 6.45) is 0.340. The molecule has 1 unspecified atom stereocenters. The molecule has 3 aromatic rings. The van der Waals surface area contributed by atoms with Crippen molar-refractivity contribution in [2.45, 2.75) is 26.3 Å². The van der Waals surface area contributed by atoms with Crippen molar-refractivity contribution >= 4 is 17.5 Å². The Kier molecular flexibility index (Phi) is 4.38. The Hall–Kier alpha value is -3.55. The number of fused-ring (bicyclic) bond motifs is 1. The number of aromatic nitrogens is 3. The van der Waals surface area contributed by atoms with Gasteiger partial charge in [-0.05, 0) is 55.3 Å². The van der Waals surface area contributed by atoms with Crippen molar-refractivity contribution in [3.8, 4) is 5.69 Å². The molecule has 2 aromatic carbocycles. The number of nitrogens with one attached hydrogen (secondary N) is 2. The van der Waals surface area contributed by atoms with Gasteiger partial charge in [0.25, 0.3) is 5.91 Å². The van der Waals surface area contributed by atoms with Crippen molar-refractivity contribution in [1.29, 1.82) is 0 Å². The molecule has 0 fully saturated rings. The van der Waals surface area contributed by atoms with Crippen molar-refractivity contribution < 1.29 is 14.0 Å². The SMILES string of the molecule is Cc1nc(C(=O)NC(C)c2ccc3c(c2)CC(=O)N3)nn1-c1ccc(F)cc1. The number of aryl methyl sites for hydroxylation is 1. The van der Waals surface area contributed by atoms with Gasteiger partial charge >= 0.3 is 0 Å². The highest BCUT2D eigenvalue weighted by Gasteiger charge is 2.21. The number of carbonyl (C=O) groups excluding carboxylic acids is 2. The highest BCUT2D eigenvalue weighted by molar-refractivity contribution is 5.99. The van der Waals surface area contributed by atoms with Crippen molar-refractivity contribution in [1.82, 2.24) is 20.1 Å². The molecular formula is C20H18FN5O2. The maximum Gasteiger partial charge on any atom is 0.291 e. The van der Waals surface area contributed by atoms with E-state index >= 15 is 0 Å². The van der Waals surface area contributed by atoms with Gasteiger partial charge in [-0.15, -0.1) is 5.10 Å². The lowest BCUT2D eigenvalue weighted by molar-refractivity contribution is -0.115. The van der Waals surface area contributed by atoms with Crippen molar-refractivity contribution in [3.63, 3.8) is 0 Å². The van der Waals surface area contributed by atoms with Crippen LogP contribution in [-0.2, 0) is 11.2 Å². The zero-order valence-corrected chi connectivity index (χ0v) is 15.4. The number of halogens is 1. The summed E-state index contributed by atoms with van der Waals surface area (Å²) >= 11 is 0. The normalized spacial score (nSPS) is 13.8. The number of benzene rings is 2. The minimum absolute atomic E-state index is 0.0325. The first kappa shape index (κ1) is 17.8. The Morgan fingerprint density at radius 2 is 2.00 bits per heavy atom. The quantitative estimate of drug-likeness (QED) is 0.729. The maximum absolute atomic E-state index is 13.1. The molecule has 1 aliphatic rings. The van der Waals surface area contributed by atoms with Crippen molar-refractivity contribution in [3.05, 3.63) is 71.1 Å². The average Bonchev–Trinajstić information content (AvgIpc) is 3.23. The summed E-state index contributed by atoms with van der Waals surface area (Å²) in [7, 11) is 0. The number of carbonyl (C=O) groups is 2. The van der Waals surface area contributed by atoms with Gasteiger partial charge in [-0.25, -0.2) is 14.1 Å². The Morgan fingerprint density at radius 3 is 2.75 bits per heavy atom. The van der Waals surface area contributed by atoms with E-state index in [1.807, 2.05) is 25.1 Å². The third-order valence-electron chi connectivity index (χ3n) is 4.65. The van der Waals surface area contributed by atoms with Gasteiger partial charge in [-0.3, -0.25) is 9.59 Å². The minimum atomic E-state index is -0.411. The molecule has 0 radical (unpaired) electrons. The summed E-state index contributed by atoms with van der Waals surface area (Å²) in [5, 5.41) is 9.90. The number of rotatable bonds is 4. The van der Waals surface area contributed by atoms with Crippen LogP contribution in [0.2, 0.25) is 0 Å². The second-order valence-electron chi connectivity index (χ2n) is 6.71.